The number of rotatable bonds is 7. The molecule has 0 fully saturated rings. The summed E-state index contributed by atoms with van der Waals surface area (Å²) in [5.74, 6) is -0.656. The standard InChI is InChI=1S/C11H16N2O7/c14-5-7(16)10(18)9(17)6(15)4-12-13-11(19)8-2-1-3-20-8/h1-4,6-7,9-10,14-18H,5H2,(H,13,19)/b12-4-/t6-,7-,9-,10-/m1/s1. The van der Waals surface area contributed by atoms with Gasteiger partial charge in [-0.25, -0.2) is 5.43 Å². The topological polar surface area (TPSA) is 156 Å². The number of hydrogen-bond acceptors (Lipinski definition) is 8. The van der Waals surface area contributed by atoms with E-state index in [9.17, 15) is 20.1 Å². The molecule has 9 heteroatoms. The lowest BCUT2D eigenvalue weighted by atomic mass is 10.0. The molecule has 0 aliphatic rings. The number of amides is 1. The van der Waals surface area contributed by atoms with Crippen molar-refractivity contribution in [1.82, 2.24) is 5.43 Å². The van der Waals surface area contributed by atoms with Crippen LogP contribution in [0.15, 0.2) is 27.9 Å². The van der Waals surface area contributed by atoms with Gasteiger partial charge in [0.25, 0.3) is 0 Å². The van der Waals surface area contributed by atoms with E-state index in [0.717, 1.165) is 6.21 Å². The van der Waals surface area contributed by atoms with Crippen molar-refractivity contribution in [3.8, 4) is 0 Å². The number of nitrogens with one attached hydrogen (secondary N) is 1. The van der Waals surface area contributed by atoms with Crippen LogP contribution < -0.4 is 5.43 Å². The number of hydrogen-bond donors (Lipinski definition) is 6. The molecule has 0 saturated heterocycles. The van der Waals surface area contributed by atoms with Crippen LogP contribution in [0.1, 0.15) is 10.6 Å². The van der Waals surface area contributed by atoms with Gasteiger partial charge in [-0.05, 0) is 12.1 Å². The van der Waals surface area contributed by atoms with Gasteiger partial charge in [-0.15, -0.1) is 0 Å². The van der Waals surface area contributed by atoms with E-state index < -0.39 is 36.9 Å². The molecule has 1 heterocycles. The molecule has 1 rings (SSSR count). The van der Waals surface area contributed by atoms with Gasteiger partial charge in [0.2, 0.25) is 0 Å². The average Bonchev–Trinajstić information content (AvgIpc) is 2.98. The van der Waals surface area contributed by atoms with E-state index in [1.807, 2.05) is 5.43 Å². The maximum absolute atomic E-state index is 11.4. The molecule has 112 valence electrons. The fourth-order valence-corrected chi connectivity index (χ4v) is 1.26. The fraction of sp³-hybridized carbons (Fsp3) is 0.455. The lowest BCUT2D eigenvalue weighted by Crippen LogP contribution is -2.46. The second kappa shape index (κ2) is 7.72. The lowest BCUT2D eigenvalue weighted by Gasteiger charge is -2.23. The smallest absolute Gasteiger partial charge is 0.307 e. The Hall–Kier alpha value is -1.78. The first kappa shape index (κ1) is 16.3. The molecule has 6 N–H and O–H groups in total. The monoisotopic (exact) mass is 288 g/mol. The summed E-state index contributed by atoms with van der Waals surface area (Å²) in [5.41, 5.74) is 2.03. The second-order valence-electron chi connectivity index (χ2n) is 3.92. The van der Waals surface area contributed by atoms with Crippen molar-refractivity contribution in [2.75, 3.05) is 6.61 Å². The third-order valence-electron chi connectivity index (χ3n) is 2.42. The average molecular weight is 288 g/mol. The summed E-state index contributed by atoms with van der Waals surface area (Å²) in [7, 11) is 0. The van der Waals surface area contributed by atoms with Gasteiger partial charge in [-0.3, -0.25) is 4.79 Å². The van der Waals surface area contributed by atoms with E-state index in [4.69, 9.17) is 14.6 Å². The number of aliphatic hydroxyl groups excluding tert-OH is 5. The van der Waals surface area contributed by atoms with Crippen LogP contribution in [0.25, 0.3) is 0 Å². The molecule has 0 saturated carbocycles. The van der Waals surface area contributed by atoms with Crippen LogP contribution >= 0.6 is 0 Å². The summed E-state index contributed by atoms with van der Waals surface area (Å²) in [6, 6.07) is 2.90. The van der Waals surface area contributed by atoms with Crippen LogP contribution in [-0.2, 0) is 0 Å². The zero-order chi connectivity index (χ0) is 15.1. The Balaban J connectivity index is 2.47. The van der Waals surface area contributed by atoms with Crippen LogP contribution in [0.2, 0.25) is 0 Å². The zero-order valence-electron chi connectivity index (χ0n) is 10.3. The Morgan fingerprint density at radius 1 is 1.35 bits per heavy atom. The summed E-state index contributed by atoms with van der Waals surface area (Å²) in [6.07, 6.45) is -4.74. The van der Waals surface area contributed by atoms with Crippen LogP contribution in [0.3, 0.4) is 0 Å². The van der Waals surface area contributed by atoms with Gasteiger partial charge in [-0.2, -0.15) is 5.10 Å². The van der Waals surface area contributed by atoms with Crippen molar-refractivity contribution >= 4 is 12.1 Å². The van der Waals surface area contributed by atoms with Crippen LogP contribution in [0.5, 0.6) is 0 Å². The molecule has 0 radical (unpaired) electrons. The highest BCUT2D eigenvalue weighted by molar-refractivity contribution is 5.91. The summed E-state index contributed by atoms with van der Waals surface area (Å²) in [4.78, 5) is 11.4. The third kappa shape index (κ3) is 4.40. The molecular formula is C11H16N2O7. The highest BCUT2D eigenvalue weighted by Crippen LogP contribution is 2.04. The second-order valence-corrected chi connectivity index (χ2v) is 3.92. The third-order valence-corrected chi connectivity index (χ3v) is 2.42. The fourth-order valence-electron chi connectivity index (χ4n) is 1.26. The highest BCUT2D eigenvalue weighted by atomic mass is 16.4. The Morgan fingerprint density at radius 2 is 2.05 bits per heavy atom. The van der Waals surface area contributed by atoms with E-state index >= 15 is 0 Å². The Labute approximate surface area is 113 Å². The van der Waals surface area contributed by atoms with Gasteiger partial charge in [0, 0.05) is 0 Å². The molecule has 1 aromatic heterocycles. The van der Waals surface area contributed by atoms with Gasteiger partial charge >= 0.3 is 5.91 Å². The van der Waals surface area contributed by atoms with E-state index in [1.54, 1.807) is 0 Å². The van der Waals surface area contributed by atoms with Gasteiger partial charge in [0.1, 0.15) is 24.4 Å². The number of nitrogens with zero attached hydrogens (tertiary/aromatic N) is 1. The Kier molecular flexibility index (Phi) is 6.28. The van der Waals surface area contributed by atoms with Crippen molar-refractivity contribution in [3.05, 3.63) is 24.2 Å². The predicted molar refractivity (Wildman–Crippen MR) is 65.8 cm³/mol. The number of hydrazone groups is 1. The highest BCUT2D eigenvalue weighted by Gasteiger charge is 2.29. The molecule has 0 spiro atoms. The van der Waals surface area contributed by atoms with Crippen molar-refractivity contribution in [3.63, 3.8) is 0 Å². The normalized spacial score (nSPS) is 17.6. The zero-order valence-corrected chi connectivity index (χ0v) is 10.3. The maximum atomic E-state index is 11.4. The van der Waals surface area contributed by atoms with E-state index in [2.05, 4.69) is 5.10 Å². The van der Waals surface area contributed by atoms with Gasteiger partial charge in [-0.1, -0.05) is 0 Å². The van der Waals surface area contributed by atoms with Gasteiger partial charge in [0.15, 0.2) is 5.76 Å². The SMILES string of the molecule is O=C(N/N=C\[C@@H](O)[C@@H](O)[C@H](O)[C@H](O)CO)c1ccco1. The number of furan rings is 1. The Morgan fingerprint density at radius 3 is 2.60 bits per heavy atom. The van der Waals surface area contributed by atoms with Crippen LogP contribution in [0.4, 0.5) is 0 Å². The molecule has 0 aliphatic heterocycles. The molecule has 0 aromatic carbocycles. The van der Waals surface area contributed by atoms with E-state index in [1.165, 1.54) is 18.4 Å². The molecule has 0 bridgehead atoms. The minimum atomic E-state index is -1.78. The molecule has 0 unspecified atom stereocenters. The number of aliphatic hydroxyl groups is 5. The minimum Gasteiger partial charge on any atom is -0.459 e. The first-order valence-corrected chi connectivity index (χ1v) is 5.67. The molecule has 1 amide bonds. The summed E-state index contributed by atoms with van der Waals surface area (Å²) in [6.45, 7) is -0.780. The first-order chi connectivity index (χ1) is 9.47. The molecule has 1 aromatic rings. The van der Waals surface area contributed by atoms with Crippen molar-refractivity contribution < 1.29 is 34.7 Å². The lowest BCUT2D eigenvalue weighted by molar-refractivity contribution is -0.0999. The van der Waals surface area contributed by atoms with Crippen molar-refractivity contribution in [1.29, 1.82) is 0 Å². The van der Waals surface area contributed by atoms with E-state index in [-0.39, 0.29) is 5.76 Å². The van der Waals surface area contributed by atoms with Crippen LogP contribution in [-0.4, -0.2) is 68.7 Å². The summed E-state index contributed by atoms with van der Waals surface area (Å²) in [5, 5.41) is 49.3. The van der Waals surface area contributed by atoms with Gasteiger partial charge < -0.3 is 29.9 Å². The summed E-state index contributed by atoms with van der Waals surface area (Å²) >= 11 is 0. The van der Waals surface area contributed by atoms with E-state index in [0.29, 0.717) is 0 Å². The molecule has 9 nitrogen and oxygen atoms in total. The van der Waals surface area contributed by atoms with Crippen molar-refractivity contribution in [2.24, 2.45) is 5.10 Å². The Bertz CT molecular complexity index is 434. The predicted octanol–water partition coefficient (Wildman–Crippen LogP) is -2.57. The minimum absolute atomic E-state index is 0.00734. The molecule has 4 atom stereocenters. The maximum Gasteiger partial charge on any atom is 0.307 e. The molecular weight excluding hydrogens is 272 g/mol. The number of carbonyl (C=O) groups excluding carboxylic acids is 1. The molecule has 0 aliphatic carbocycles. The number of carbonyl (C=O) groups is 1. The van der Waals surface area contributed by atoms with Gasteiger partial charge in [0.05, 0.1) is 19.1 Å². The first-order valence-electron chi connectivity index (χ1n) is 5.67. The largest absolute Gasteiger partial charge is 0.459 e. The molecule has 20 heavy (non-hydrogen) atoms. The quantitative estimate of drug-likeness (QED) is 0.238. The van der Waals surface area contributed by atoms with Crippen LogP contribution in [0, 0.1) is 0 Å². The summed E-state index contributed by atoms with van der Waals surface area (Å²) < 4.78 is 4.79. The van der Waals surface area contributed by atoms with Crippen molar-refractivity contribution in [2.45, 2.75) is 24.4 Å².